The van der Waals surface area contributed by atoms with Crippen molar-refractivity contribution in [2.24, 2.45) is 0 Å². The molecule has 98 valence electrons. The van der Waals surface area contributed by atoms with Crippen molar-refractivity contribution in [2.45, 2.75) is 17.9 Å². The Bertz CT molecular complexity index is 456. The summed E-state index contributed by atoms with van der Waals surface area (Å²) in [5.41, 5.74) is 0. The first-order valence-electron chi connectivity index (χ1n) is 4.89. The van der Waals surface area contributed by atoms with Gasteiger partial charge in [0, 0.05) is 26.3 Å². The van der Waals surface area contributed by atoms with Crippen LogP contribution in [0.1, 0.15) is 12.2 Å². The van der Waals surface area contributed by atoms with E-state index in [0.29, 0.717) is 13.0 Å². The van der Waals surface area contributed by atoms with Crippen LogP contribution < -0.4 is 4.72 Å². The Balaban J connectivity index is 2.72. The summed E-state index contributed by atoms with van der Waals surface area (Å²) in [4.78, 5) is -0.0148. The van der Waals surface area contributed by atoms with Gasteiger partial charge >= 0.3 is 0 Å². The van der Waals surface area contributed by atoms with Crippen LogP contribution in [0.3, 0.4) is 0 Å². The molecule has 0 saturated heterocycles. The fourth-order valence-corrected chi connectivity index (χ4v) is 3.23. The minimum atomic E-state index is -3.62. The van der Waals surface area contributed by atoms with E-state index in [1.165, 1.54) is 6.07 Å². The van der Waals surface area contributed by atoms with Gasteiger partial charge in [0.15, 0.2) is 4.67 Å². The first-order chi connectivity index (χ1) is 8.01. The van der Waals surface area contributed by atoms with E-state index in [9.17, 15) is 8.42 Å². The number of hydrogen-bond donors (Lipinski definition) is 2. The monoisotopic (exact) mass is 327 g/mol. The Kier molecular flexibility index (Phi) is 5.60. The van der Waals surface area contributed by atoms with Gasteiger partial charge in [-0.15, -0.1) is 0 Å². The summed E-state index contributed by atoms with van der Waals surface area (Å²) in [6, 6.07) is 1.28. The Morgan fingerprint density at radius 2 is 2.29 bits per heavy atom. The summed E-state index contributed by atoms with van der Waals surface area (Å²) < 4.78 is 35.9. The normalized spacial score (nSPS) is 11.9. The Hall–Kier alpha value is -0.410. The maximum Gasteiger partial charge on any atom is 0.244 e. The number of furan rings is 1. The van der Waals surface area contributed by atoms with E-state index in [-0.39, 0.29) is 28.5 Å². The van der Waals surface area contributed by atoms with Crippen molar-refractivity contribution in [3.05, 3.63) is 16.5 Å². The summed E-state index contributed by atoms with van der Waals surface area (Å²) in [5.74, 6) is 0.189. The van der Waals surface area contributed by atoms with Crippen molar-refractivity contribution in [3.8, 4) is 0 Å². The van der Waals surface area contributed by atoms with E-state index in [1.54, 1.807) is 7.11 Å². The summed E-state index contributed by atoms with van der Waals surface area (Å²) >= 11 is 2.99. The maximum atomic E-state index is 11.8. The van der Waals surface area contributed by atoms with Crippen LogP contribution >= 0.6 is 15.9 Å². The first kappa shape index (κ1) is 14.7. The number of nitrogens with one attached hydrogen (secondary N) is 1. The number of hydrogen-bond acceptors (Lipinski definition) is 5. The SMILES string of the molecule is COCCCNS(=O)(=O)c1cc(CO)oc1Br. The minimum Gasteiger partial charge on any atom is -0.450 e. The second-order valence-electron chi connectivity index (χ2n) is 3.25. The molecule has 0 unspecified atom stereocenters. The molecule has 1 heterocycles. The van der Waals surface area contributed by atoms with Gasteiger partial charge in [-0.2, -0.15) is 0 Å². The van der Waals surface area contributed by atoms with Gasteiger partial charge in [0.05, 0.1) is 0 Å². The van der Waals surface area contributed by atoms with E-state index in [2.05, 4.69) is 20.7 Å². The molecular weight excluding hydrogens is 314 g/mol. The second-order valence-corrected chi connectivity index (χ2v) is 5.71. The number of aliphatic hydroxyl groups excluding tert-OH is 1. The number of halogens is 1. The lowest BCUT2D eigenvalue weighted by atomic mass is 10.5. The van der Waals surface area contributed by atoms with Crippen LogP contribution in [-0.2, 0) is 21.4 Å². The zero-order valence-corrected chi connectivity index (χ0v) is 11.7. The van der Waals surface area contributed by atoms with E-state index in [4.69, 9.17) is 14.3 Å². The third-order valence-corrected chi connectivity index (χ3v) is 4.29. The highest BCUT2D eigenvalue weighted by molar-refractivity contribution is 9.10. The van der Waals surface area contributed by atoms with Crippen molar-refractivity contribution in [3.63, 3.8) is 0 Å². The van der Waals surface area contributed by atoms with Gasteiger partial charge in [0.2, 0.25) is 10.0 Å². The van der Waals surface area contributed by atoms with Gasteiger partial charge in [-0.3, -0.25) is 0 Å². The lowest BCUT2D eigenvalue weighted by molar-refractivity contribution is 0.196. The third-order valence-electron chi connectivity index (χ3n) is 1.97. The number of rotatable bonds is 7. The molecule has 0 aliphatic heterocycles. The van der Waals surface area contributed by atoms with Gasteiger partial charge in [-0.05, 0) is 22.4 Å². The van der Waals surface area contributed by atoms with Crippen molar-refractivity contribution < 1.29 is 22.7 Å². The molecule has 0 fully saturated rings. The van der Waals surface area contributed by atoms with Crippen molar-refractivity contribution in [1.82, 2.24) is 4.72 Å². The maximum absolute atomic E-state index is 11.8. The quantitative estimate of drug-likeness (QED) is 0.725. The smallest absolute Gasteiger partial charge is 0.244 e. The highest BCUT2D eigenvalue weighted by atomic mass is 79.9. The lowest BCUT2D eigenvalue weighted by Gasteiger charge is -2.04. The standard InChI is InChI=1S/C9H14BrNO5S/c1-15-4-2-3-11-17(13,14)8-5-7(6-12)16-9(8)10/h5,11-12H,2-4,6H2,1H3. The van der Waals surface area contributed by atoms with Gasteiger partial charge < -0.3 is 14.3 Å². The molecule has 0 saturated carbocycles. The Morgan fingerprint density at radius 3 is 2.82 bits per heavy atom. The molecule has 0 spiro atoms. The molecule has 0 aromatic carbocycles. The van der Waals surface area contributed by atoms with E-state index in [0.717, 1.165) is 0 Å². The molecule has 0 amide bonds. The van der Waals surface area contributed by atoms with E-state index >= 15 is 0 Å². The van der Waals surface area contributed by atoms with Crippen molar-refractivity contribution in [1.29, 1.82) is 0 Å². The van der Waals surface area contributed by atoms with Gasteiger partial charge in [-0.25, -0.2) is 13.1 Å². The number of aliphatic hydroxyl groups is 1. The molecule has 8 heteroatoms. The molecule has 0 radical (unpaired) electrons. The molecule has 0 atom stereocenters. The molecule has 0 aliphatic carbocycles. The summed E-state index contributed by atoms with van der Waals surface area (Å²) in [6.45, 7) is 0.414. The zero-order chi connectivity index (χ0) is 12.9. The Labute approximate surface area is 108 Å². The fourth-order valence-electron chi connectivity index (χ4n) is 1.16. The molecule has 2 N–H and O–H groups in total. The molecule has 0 aliphatic rings. The van der Waals surface area contributed by atoms with Gasteiger partial charge in [0.25, 0.3) is 0 Å². The van der Waals surface area contributed by atoms with Crippen LogP contribution in [0.2, 0.25) is 0 Å². The fraction of sp³-hybridized carbons (Fsp3) is 0.556. The molecule has 1 aromatic rings. The van der Waals surface area contributed by atoms with Crippen LogP contribution in [0.25, 0.3) is 0 Å². The van der Waals surface area contributed by atoms with Crippen LogP contribution in [0, 0.1) is 0 Å². The molecule has 0 bridgehead atoms. The Morgan fingerprint density at radius 1 is 1.59 bits per heavy atom. The highest BCUT2D eigenvalue weighted by Crippen LogP contribution is 2.25. The predicted octanol–water partition coefficient (Wildman–Crippen LogP) is 0.849. The lowest BCUT2D eigenvalue weighted by Crippen LogP contribution is -2.25. The zero-order valence-electron chi connectivity index (χ0n) is 9.27. The summed E-state index contributed by atoms with van der Waals surface area (Å²) in [5, 5.41) is 8.84. The third kappa shape index (κ3) is 4.07. The minimum absolute atomic E-state index is 0.0148. The topological polar surface area (TPSA) is 88.8 Å². The van der Waals surface area contributed by atoms with Crippen LogP contribution in [0.5, 0.6) is 0 Å². The van der Waals surface area contributed by atoms with Gasteiger partial charge in [0.1, 0.15) is 17.3 Å². The molecular formula is C9H14BrNO5S. The number of ether oxygens (including phenoxy) is 1. The number of methoxy groups -OCH3 is 1. The highest BCUT2D eigenvalue weighted by Gasteiger charge is 2.21. The average molecular weight is 328 g/mol. The molecule has 6 nitrogen and oxygen atoms in total. The van der Waals surface area contributed by atoms with E-state index < -0.39 is 10.0 Å². The van der Waals surface area contributed by atoms with Crippen molar-refractivity contribution in [2.75, 3.05) is 20.3 Å². The van der Waals surface area contributed by atoms with E-state index in [1.807, 2.05) is 0 Å². The molecule has 1 rings (SSSR count). The van der Waals surface area contributed by atoms with Crippen LogP contribution in [0.4, 0.5) is 0 Å². The average Bonchev–Trinajstić information content (AvgIpc) is 2.67. The predicted molar refractivity (Wildman–Crippen MR) is 64.0 cm³/mol. The van der Waals surface area contributed by atoms with Gasteiger partial charge in [-0.1, -0.05) is 0 Å². The summed E-state index contributed by atoms with van der Waals surface area (Å²) in [7, 11) is -2.07. The van der Waals surface area contributed by atoms with Crippen LogP contribution in [0.15, 0.2) is 20.0 Å². The summed E-state index contributed by atoms with van der Waals surface area (Å²) in [6.07, 6.45) is 0.581. The number of sulfonamides is 1. The van der Waals surface area contributed by atoms with Crippen LogP contribution in [-0.4, -0.2) is 33.8 Å². The second kappa shape index (κ2) is 6.50. The van der Waals surface area contributed by atoms with Crippen molar-refractivity contribution >= 4 is 26.0 Å². The largest absolute Gasteiger partial charge is 0.450 e. The molecule has 17 heavy (non-hydrogen) atoms. The first-order valence-corrected chi connectivity index (χ1v) is 7.16. The molecule has 1 aromatic heterocycles.